The van der Waals surface area contributed by atoms with Gasteiger partial charge in [-0.1, -0.05) is 24.6 Å². The van der Waals surface area contributed by atoms with Gasteiger partial charge in [-0.3, -0.25) is 0 Å². The number of nitrogens with one attached hydrogen (secondary N) is 1. The fraction of sp³-hybridized carbons (Fsp3) is 0.625. The van der Waals surface area contributed by atoms with Crippen molar-refractivity contribution in [3.8, 4) is 0 Å². The Kier molecular flexibility index (Phi) is 4.08. The average molecular weight is 247 g/mol. The smallest absolute Gasteiger partial charge is 0.0796 e. The van der Waals surface area contributed by atoms with E-state index in [1.807, 2.05) is 7.05 Å². The van der Waals surface area contributed by atoms with E-state index in [0.29, 0.717) is 18.1 Å². The third-order valence-electron chi connectivity index (χ3n) is 4.13. The molecule has 3 unspecified atom stereocenters. The van der Waals surface area contributed by atoms with E-state index in [-0.39, 0.29) is 0 Å². The first-order valence-electron chi connectivity index (χ1n) is 6.91. The molecule has 0 spiro atoms. The summed E-state index contributed by atoms with van der Waals surface area (Å²) < 4.78 is 5.95. The molecular formula is C16H25NO. The van der Waals surface area contributed by atoms with Crippen molar-refractivity contribution in [3.63, 3.8) is 0 Å². The Balaban J connectivity index is 2.38. The standard InChI is InChI=1S/C16H25NO/c1-10-8-12(3)14(13(4)9-10)15(17-5)16-11(2)6-7-18-16/h8-9,11,15-17H,6-7H2,1-5H3. The zero-order valence-corrected chi connectivity index (χ0v) is 12.2. The van der Waals surface area contributed by atoms with E-state index < -0.39 is 0 Å². The number of hydrogen-bond acceptors (Lipinski definition) is 2. The fourth-order valence-electron chi connectivity index (χ4n) is 3.30. The lowest BCUT2D eigenvalue weighted by Crippen LogP contribution is -2.33. The molecule has 18 heavy (non-hydrogen) atoms. The molecule has 1 saturated heterocycles. The van der Waals surface area contributed by atoms with Crippen molar-refractivity contribution in [3.05, 3.63) is 34.4 Å². The number of ether oxygens (including phenoxy) is 1. The van der Waals surface area contributed by atoms with Crippen LogP contribution in [0.15, 0.2) is 12.1 Å². The van der Waals surface area contributed by atoms with Crippen LogP contribution in [0.2, 0.25) is 0 Å². The van der Waals surface area contributed by atoms with Crippen LogP contribution in [-0.4, -0.2) is 19.8 Å². The highest BCUT2D eigenvalue weighted by Gasteiger charge is 2.33. The second-order valence-electron chi connectivity index (χ2n) is 5.68. The summed E-state index contributed by atoms with van der Waals surface area (Å²) in [5.74, 6) is 0.627. The highest BCUT2D eigenvalue weighted by molar-refractivity contribution is 5.40. The molecule has 3 atom stereocenters. The normalized spacial score (nSPS) is 25.4. The van der Waals surface area contributed by atoms with E-state index >= 15 is 0 Å². The van der Waals surface area contributed by atoms with Gasteiger partial charge in [0.2, 0.25) is 0 Å². The lowest BCUT2D eigenvalue weighted by Gasteiger charge is -2.29. The van der Waals surface area contributed by atoms with E-state index in [9.17, 15) is 0 Å². The summed E-state index contributed by atoms with van der Waals surface area (Å²) in [6.07, 6.45) is 1.47. The summed E-state index contributed by atoms with van der Waals surface area (Å²) in [6.45, 7) is 9.76. The van der Waals surface area contributed by atoms with Crippen LogP contribution in [0.3, 0.4) is 0 Å². The summed E-state index contributed by atoms with van der Waals surface area (Å²) in [5.41, 5.74) is 5.50. The predicted molar refractivity (Wildman–Crippen MR) is 76.0 cm³/mol. The minimum Gasteiger partial charge on any atom is -0.376 e. The Bertz CT molecular complexity index is 404. The van der Waals surface area contributed by atoms with E-state index in [4.69, 9.17) is 4.74 Å². The Morgan fingerprint density at radius 3 is 2.28 bits per heavy atom. The van der Waals surface area contributed by atoms with E-state index in [0.717, 1.165) is 6.61 Å². The molecule has 1 heterocycles. The molecule has 0 amide bonds. The van der Waals surface area contributed by atoms with Gasteiger partial charge in [-0.15, -0.1) is 0 Å². The van der Waals surface area contributed by atoms with Gasteiger partial charge in [0.25, 0.3) is 0 Å². The molecule has 0 bridgehead atoms. The lowest BCUT2D eigenvalue weighted by molar-refractivity contribution is 0.0627. The maximum atomic E-state index is 5.95. The first-order valence-corrected chi connectivity index (χ1v) is 6.91. The third kappa shape index (κ3) is 2.45. The maximum Gasteiger partial charge on any atom is 0.0796 e. The molecule has 1 fully saturated rings. The first kappa shape index (κ1) is 13.6. The number of rotatable bonds is 3. The molecule has 1 aliphatic heterocycles. The zero-order chi connectivity index (χ0) is 13.3. The maximum absolute atomic E-state index is 5.95. The molecule has 2 rings (SSSR count). The van der Waals surface area contributed by atoms with Gasteiger partial charge in [0.1, 0.15) is 0 Å². The molecule has 0 aromatic heterocycles. The van der Waals surface area contributed by atoms with E-state index in [1.165, 1.54) is 28.7 Å². The predicted octanol–water partition coefficient (Wildman–Crippen LogP) is 3.30. The van der Waals surface area contributed by atoms with Crippen molar-refractivity contribution in [1.82, 2.24) is 5.32 Å². The van der Waals surface area contributed by atoms with Gasteiger partial charge in [0, 0.05) is 6.61 Å². The van der Waals surface area contributed by atoms with Crippen LogP contribution in [-0.2, 0) is 4.74 Å². The number of benzene rings is 1. The van der Waals surface area contributed by atoms with Crippen molar-refractivity contribution < 1.29 is 4.74 Å². The Morgan fingerprint density at radius 2 is 1.83 bits per heavy atom. The van der Waals surface area contributed by atoms with Gasteiger partial charge in [-0.25, -0.2) is 0 Å². The van der Waals surface area contributed by atoms with Crippen LogP contribution < -0.4 is 5.32 Å². The second kappa shape index (κ2) is 5.41. The summed E-state index contributed by atoms with van der Waals surface area (Å²) in [7, 11) is 2.04. The van der Waals surface area contributed by atoms with Gasteiger partial charge in [0.05, 0.1) is 12.1 Å². The summed E-state index contributed by atoms with van der Waals surface area (Å²) >= 11 is 0. The van der Waals surface area contributed by atoms with Gasteiger partial charge < -0.3 is 10.1 Å². The molecule has 0 saturated carbocycles. The molecule has 1 aromatic rings. The van der Waals surface area contributed by atoms with Crippen molar-refractivity contribution >= 4 is 0 Å². The number of likely N-dealkylation sites (N-methyl/N-ethyl adjacent to an activating group) is 1. The quantitative estimate of drug-likeness (QED) is 0.885. The molecule has 1 aromatic carbocycles. The van der Waals surface area contributed by atoms with Crippen LogP contribution in [0, 0.1) is 26.7 Å². The highest BCUT2D eigenvalue weighted by Crippen LogP contribution is 2.34. The van der Waals surface area contributed by atoms with E-state index in [2.05, 4.69) is 45.1 Å². The Morgan fingerprint density at radius 1 is 1.22 bits per heavy atom. The van der Waals surface area contributed by atoms with Crippen LogP contribution in [0.25, 0.3) is 0 Å². The molecule has 2 heteroatoms. The van der Waals surface area contributed by atoms with Crippen LogP contribution >= 0.6 is 0 Å². The molecule has 0 radical (unpaired) electrons. The van der Waals surface area contributed by atoms with Crippen molar-refractivity contribution in [1.29, 1.82) is 0 Å². The molecule has 1 N–H and O–H groups in total. The minimum absolute atomic E-state index is 0.301. The van der Waals surface area contributed by atoms with Crippen molar-refractivity contribution in [2.45, 2.75) is 46.3 Å². The molecule has 100 valence electrons. The fourth-order valence-corrected chi connectivity index (χ4v) is 3.30. The SMILES string of the molecule is CNC(c1c(C)cc(C)cc1C)C1OCCC1C. The topological polar surface area (TPSA) is 21.3 Å². The number of aryl methyl sites for hydroxylation is 3. The highest BCUT2D eigenvalue weighted by atomic mass is 16.5. The molecule has 1 aliphatic rings. The average Bonchev–Trinajstić information content (AvgIpc) is 2.69. The lowest BCUT2D eigenvalue weighted by atomic mass is 9.87. The summed E-state index contributed by atoms with van der Waals surface area (Å²) in [5, 5.41) is 3.47. The van der Waals surface area contributed by atoms with Gasteiger partial charge in [-0.2, -0.15) is 0 Å². The Hall–Kier alpha value is -0.860. The first-order chi connectivity index (χ1) is 8.54. The monoisotopic (exact) mass is 247 g/mol. The number of hydrogen-bond donors (Lipinski definition) is 1. The van der Waals surface area contributed by atoms with Gasteiger partial charge in [0.15, 0.2) is 0 Å². The van der Waals surface area contributed by atoms with Crippen LogP contribution in [0.1, 0.15) is 41.6 Å². The molecule has 2 nitrogen and oxygen atoms in total. The molecular weight excluding hydrogens is 222 g/mol. The van der Waals surface area contributed by atoms with Gasteiger partial charge >= 0.3 is 0 Å². The Labute approximate surface area is 111 Å². The largest absolute Gasteiger partial charge is 0.376 e. The van der Waals surface area contributed by atoms with Crippen molar-refractivity contribution in [2.75, 3.05) is 13.7 Å². The van der Waals surface area contributed by atoms with Crippen molar-refractivity contribution in [2.24, 2.45) is 5.92 Å². The second-order valence-corrected chi connectivity index (χ2v) is 5.68. The minimum atomic E-state index is 0.301. The third-order valence-corrected chi connectivity index (χ3v) is 4.13. The van der Waals surface area contributed by atoms with Crippen LogP contribution in [0.5, 0.6) is 0 Å². The summed E-state index contributed by atoms with van der Waals surface area (Å²) in [6, 6.07) is 4.85. The summed E-state index contributed by atoms with van der Waals surface area (Å²) in [4.78, 5) is 0. The molecule has 0 aliphatic carbocycles. The van der Waals surface area contributed by atoms with Crippen LogP contribution in [0.4, 0.5) is 0 Å². The zero-order valence-electron chi connectivity index (χ0n) is 12.2. The van der Waals surface area contributed by atoms with E-state index in [1.54, 1.807) is 0 Å². The van der Waals surface area contributed by atoms with Gasteiger partial charge in [-0.05, 0) is 56.8 Å².